The molecule has 0 aliphatic rings. The molecule has 0 radical (unpaired) electrons. The van der Waals surface area contributed by atoms with Crippen molar-refractivity contribution in [3.05, 3.63) is 89.9 Å². The van der Waals surface area contributed by atoms with Gasteiger partial charge in [0, 0.05) is 29.0 Å². The summed E-state index contributed by atoms with van der Waals surface area (Å²) in [5, 5.41) is 4.67. The van der Waals surface area contributed by atoms with E-state index in [-0.39, 0.29) is 0 Å². The van der Waals surface area contributed by atoms with Crippen molar-refractivity contribution in [2.75, 3.05) is 0 Å². The molecule has 25 heavy (non-hydrogen) atoms. The molecule has 2 aromatic carbocycles. The van der Waals surface area contributed by atoms with Crippen molar-refractivity contribution in [3.63, 3.8) is 0 Å². The fraction of sp³-hybridized carbons (Fsp3) is 0.0455. The van der Waals surface area contributed by atoms with Crippen molar-refractivity contribution in [3.8, 4) is 10.6 Å². The van der Waals surface area contributed by atoms with Crippen LogP contribution in [0.1, 0.15) is 5.56 Å². The second-order valence-electron chi connectivity index (χ2n) is 6.12. The van der Waals surface area contributed by atoms with Gasteiger partial charge in [-0.15, -0.1) is 11.3 Å². The van der Waals surface area contributed by atoms with E-state index < -0.39 is 0 Å². The van der Waals surface area contributed by atoms with Gasteiger partial charge < -0.3 is 4.57 Å². The zero-order valence-electron chi connectivity index (χ0n) is 13.6. The fourth-order valence-electron chi connectivity index (χ4n) is 3.53. The Labute approximate surface area is 150 Å². The third-order valence-corrected chi connectivity index (χ3v) is 5.49. The van der Waals surface area contributed by atoms with E-state index in [0.29, 0.717) is 0 Å². The first-order valence-electron chi connectivity index (χ1n) is 8.35. The minimum Gasteiger partial charge on any atom is -0.334 e. The highest BCUT2D eigenvalue weighted by Crippen LogP contribution is 2.36. The Morgan fingerprint density at radius 3 is 2.48 bits per heavy atom. The number of benzene rings is 2. The number of nitrogens with zero attached hydrogens (tertiary/aromatic N) is 2. The van der Waals surface area contributed by atoms with Crippen LogP contribution in [-0.2, 0) is 6.54 Å². The van der Waals surface area contributed by atoms with Gasteiger partial charge in [0.25, 0.3) is 0 Å². The molecule has 5 aromatic rings. The van der Waals surface area contributed by atoms with E-state index in [4.69, 9.17) is 4.98 Å². The van der Waals surface area contributed by atoms with Gasteiger partial charge in [-0.3, -0.25) is 4.98 Å². The number of aromatic nitrogens is 2. The second-order valence-corrected chi connectivity index (χ2v) is 7.07. The number of rotatable bonds is 3. The van der Waals surface area contributed by atoms with Crippen LogP contribution < -0.4 is 0 Å². The van der Waals surface area contributed by atoms with Crippen LogP contribution in [0.25, 0.3) is 32.4 Å². The van der Waals surface area contributed by atoms with E-state index >= 15 is 0 Å². The lowest BCUT2D eigenvalue weighted by atomic mass is 10.1. The van der Waals surface area contributed by atoms with Crippen LogP contribution in [0.2, 0.25) is 0 Å². The number of para-hydroxylation sites is 1. The van der Waals surface area contributed by atoms with Gasteiger partial charge in [-0.05, 0) is 29.1 Å². The molecule has 3 heterocycles. The Kier molecular flexibility index (Phi) is 3.39. The topological polar surface area (TPSA) is 17.8 Å². The van der Waals surface area contributed by atoms with E-state index in [0.717, 1.165) is 12.2 Å². The second kappa shape index (κ2) is 5.87. The lowest BCUT2D eigenvalue weighted by Crippen LogP contribution is -2.00. The predicted octanol–water partition coefficient (Wildman–Crippen LogP) is 5.97. The number of hydrogen-bond acceptors (Lipinski definition) is 2. The summed E-state index contributed by atoms with van der Waals surface area (Å²) in [6.07, 6.45) is 1.93. The van der Waals surface area contributed by atoms with Crippen LogP contribution >= 0.6 is 11.3 Å². The maximum atomic E-state index is 4.74. The third kappa shape index (κ3) is 2.36. The summed E-state index contributed by atoms with van der Waals surface area (Å²) in [6.45, 7) is 0.842. The molecule has 0 saturated heterocycles. The monoisotopic (exact) mass is 340 g/mol. The summed E-state index contributed by atoms with van der Waals surface area (Å²) in [5.74, 6) is 0. The van der Waals surface area contributed by atoms with Crippen molar-refractivity contribution in [2.24, 2.45) is 0 Å². The predicted molar refractivity (Wildman–Crippen MR) is 106 cm³/mol. The molecule has 0 bridgehead atoms. The smallest absolute Gasteiger partial charge is 0.104 e. The van der Waals surface area contributed by atoms with Crippen molar-refractivity contribution >= 4 is 33.1 Å². The number of fused-ring (bicyclic) bond motifs is 3. The molecule has 0 fully saturated rings. The van der Waals surface area contributed by atoms with E-state index in [1.807, 2.05) is 6.20 Å². The molecule has 120 valence electrons. The van der Waals surface area contributed by atoms with Crippen LogP contribution in [-0.4, -0.2) is 9.55 Å². The van der Waals surface area contributed by atoms with Gasteiger partial charge in [-0.2, -0.15) is 0 Å². The molecule has 0 atom stereocenters. The number of pyridine rings is 1. The molecule has 0 unspecified atom stereocenters. The molecule has 5 rings (SSSR count). The van der Waals surface area contributed by atoms with Gasteiger partial charge in [0.05, 0.1) is 10.4 Å². The first-order valence-corrected chi connectivity index (χ1v) is 9.23. The molecule has 2 nitrogen and oxygen atoms in total. The van der Waals surface area contributed by atoms with Crippen LogP contribution in [0.3, 0.4) is 0 Å². The summed E-state index contributed by atoms with van der Waals surface area (Å²) in [4.78, 5) is 5.95. The number of thiophene rings is 1. The van der Waals surface area contributed by atoms with Crippen LogP contribution in [0.15, 0.2) is 84.4 Å². The van der Waals surface area contributed by atoms with Crippen molar-refractivity contribution in [1.29, 1.82) is 0 Å². The Balaban J connectivity index is 1.86. The van der Waals surface area contributed by atoms with E-state index in [9.17, 15) is 0 Å². The van der Waals surface area contributed by atoms with E-state index in [1.165, 1.54) is 32.2 Å². The molecular weight excluding hydrogens is 324 g/mol. The van der Waals surface area contributed by atoms with Crippen molar-refractivity contribution in [2.45, 2.75) is 6.54 Å². The summed E-state index contributed by atoms with van der Waals surface area (Å²) < 4.78 is 2.40. The Bertz CT molecular complexity index is 1160. The lowest BCUT2D eigenvalue weighted by Gasteiger charge is -2.10. The molecule has 0 aliphatic carbocycles. The van der Waals surface area contributed by atoms with Crippen molar-refractivity contribution < 1.29 is 0 Å². The SMILES string of the molecule is c1ccc(Cn2c3ccccc3c3ccnc(-c4cccs4)c32)cc1. The molecule has 0 spiro atoms. The first kappa shape index (κ1) is 14.4. The summed E-state index contributed by atoms with van der Waals surface area (Å²) in [5.41, 5.74) is 4.84. The standard InChI is InChI=1S/C22H16N2S/c1-2-7-16(8-3-1)15-24-19-10-5-4-9-17(19)18-12-13-23-21(22(18)24)20-11-6-14-25-20/h1-14H,15H2. The normalized spacial score (nSPS) is 11.4. The summed E-state index contributed by atoms with van der Waals surface area (Å²) in [6, 6.07) is 25.6. The van der Waals surface area contributed by atoms with E-state index in [1.54, 1.807) is 11.3 Å². The molecular formula is C22H16N2S. The average molecular weight is 340 g/mol. The molecule has 3 heteroatoms. The van der Waals surface area contributed by atoms with Crippen LogP contribution in [0.5, 0.6) is 0 Å². The van der Waals surface area contributed by atoms with Gasteiger partial charge in [-0.25, -0.2) is 0 Å². The summed E-state index contributed by atoms with van der Waals surface area (Å²) in [7, 11) is 0. The zero-order valence-corrected chi connectivity index (χ0v) is 14.4. The number of hydrogen-bond donors (Lipinski definition) is 0. The van der Waals surface area contributed by atoms with Crippen molar-refractivity contribution in [1.82, 2.24) is 9.55 Å². The molecule has 0 saturated carbocycles. The quantitative estimate of drug-likeness (QED) is 0.396. The Hall–Kier alpha value is -2.91. The summed E-state index contributed by atoms with van der Waals surface area (Å²) >= 11 is 1.74. The van der Waals surface area contributed by atoms with Crippen LogP contribution in [0, 0.1) is 0 Å². The minimum atomic E-state index is 0.842. The largest absolute Gasteiger partial charge is 0.334 e. The minimum absolute atomic E-state index is 0.842. The third-order valence-electron chi connectivity index (χ3n) is 4.62. The first-order chi connectivity index (χ1) is 12.4. The van der Waals surface area contributed by atoms with Gasteiger partial charge in [0.1, 0.15) is 5.69 Å². The van der Waals surface area contributed by atoms with Gasteiger partial charge in [0.15, 0.2) is 0 Å². The van der Waals surface area contributed by atoms with E-state index in [2.05, 4.69) is 82.7 Å². The highest BCUT2D eigenvalue weighted by atomic mass is 32.1. The molecule has 3 aromatic heterocycles. The Morgan fingerprint density at radius 1 is 0.800 bits per heavy atom. The lowest BCUT2D eigenvalue weighted by molar-refractivity contribution is 0.868. The molecule has 0 amide bonds. The molecule has 0 aliphatic heterocycles. The maximum absolute atomic E-state index is 4.74. The van der Waals surface area contributed by atoms with Gasteiger partial charge in [-0.1, -0.05) is 54.6 Å². The van der Waals surface area contributed by atoms with Gasteiger partial charge >= 0.3 is 0 Å². The average Bonchev–Trinajstić information content (AvgIpc) is 3.30. The highest BCUT2D eigenvalue weighted by Gasteiger charge is 2.16. The van der Waals surface area contributed by atoms with Crippen LogP contribution in [0.4, 0.5) is 0 Å². The van der Waals surface area contributed by atoms with Gasteiger partial charge in [0.2, 0.25) is 0 Å². The zero-order chi connectivity index (χ0) is 16.6. The maximum Gasteiger partial charge on any atom is 0.104 e. The Morgan fingerprint density at radius 2 is 1.64 bits per heavy atom. The fourth-order valence-corrected chi connectivity index (χ4v) is 4.25. The highest BCUT2D eigenvalue weighted by molar-refractivity contribution is 7.13. The molecule has 0 N–H and O–H groups in total.